The zero-order chi connectivity index (χ0) is 9.30. The zero-order valence-electron chi connectivity index (χ0n) is 6.50. The molecule has 68 valence electrons. The van der Waals surface area contributed by atoms with Crippen molar-refractivity contribution >= 4 is 5.78 Å². The van der Waals surface area contributed by atoms with Gasteiger partial charge in [0.1, 0.15) is 6.10 Å². The monoisotopic (exact) mass is 177 g/mol. The summed E-state index contributed by atoms with van der Waals surface area (Å²) in [7, 11) is 1.41. The maximum Gasteiger partial charge on any atom is 0.278 e. The van der Waals surface area contributed by atoms with Crippen molar-refractivity contribution in [2.24, 2.45) is 0 Å². The molecule has 0 saturated heterocycles. The van der Waals surface area contributed by atoms with Gasteiger partial charge in [-0.2, -0.15) is 0 Å². The molecule has 5 heteroatoms. The van der Waals surface area contributed by atoms with Crippen molar-refractivity contribution in [1.29, 1.82) is 0 Å². The van der Waals surface area contributed by atoms with Gasteiger partial charge in [0.2, 0.25) is 0 Å². The molecule has 0 radical (unpaired) electrons. The molecule has 0 saturated carbocycles. The van der Waals surface area contributed by atoms with Gasteiger partial charge in [-0.15, -0.1) is 0 Å². The Balaban J connectivity index is 2.85. The maximum atomic E-state index is 12.1. The van der Waals surface area contributed by atoms with E-state index in [1.54, 1.807) is 0 Å². The van der Waals surface area contributed by atoms with E-state index in [4.69, 9.17) is 5.11 Å². The first kappa shape index (κ1) is 9.12. The van der Waals surface area contributed by atoms with Crippen LogP contribution in [0.1, 0.15) is 0 Å². The molecule has 0 aromatic carbocycles. The number of carbonyl (C=O) groups is 1. The maximum absolute atomic E-state index is 12.1. The highest BCUT2D eigenvalue weighted by molar-refractivity contribution is 5.95. The zero-order valence-corrected chi connectivity index (χ0v) is 6.50. The average molecular weight is 177 g/mol. The van der Waals surface area contributed by atoms with E-state index in [1.165, 1.54) is 11.9 Å². The minimum atomic E-state index is -2.66. The third-order valence-corrected chi connectivity index (χ3v) is 1.73. The fourth-order valence-corrected chi connectivity index (χ4v) is 1.04. The summed E-state index contributed by atoms with van der Waals surface area (Å²) in [5.74, 6) is -0.650. The number of hydrogen-bond acceptors (Lipinski definition) is 3. The molecule has 0 aliphatic carbocycles. The quantitative estimate of drug-likeness (QED) is 0.613. The average Bonchev–Trinajstić information content (AvgIpc) is 1.96. The van der Waals surface area contributed by atoms with Crippen LogP contribution in [0.4, 0.5) is 8.78 Å². The van der Waals surface area contributed by atoms with Gasteiger partial charge in [-0.05, 0) is 0 Å². The molecule has 0 spiro atoms. The predicted octanol–water partition coefficient (Wildman–Crippen LogP) is 0.0108. The molecule has 1 heterocycles. The lowest BCUT2D eigenvalue weighted by Crippen LogP contribution is -2.40. The first-order chi connectivity index (χ1) is 5.52. The molecular weight excluding hydrogens is 168 g/mol. The van der Waals surface area contributed by atoms with Gasteiger partial charge >= 0.3 is 0 Å². The van der Waals surface area contributed by atoms with E-state index in [2.05, 4.69) is 0 Å². The van der Waals surface area contributed by atoms with E-state index >= 15 is 0 Å². The Kier molecular flexibility index (Phi) is 2.42. The third-order valence-electron chi connectivity index (χ3n) is 1.73. The Morgan fingerprint density at radius 2 is 2.33 bits per heavy atom. The fourth-order valence-electron chi connectivity index (χ4n) is 1.04. The van der Waals surface area contributed by atoms with Crippen LogP contribution in [0.25, 0.3) is 0 Å². The number of aliphatic hydroxyl groups excluding tert-OH is 1. The van der Waals surface area contributed by atoms with Crippen LogP contribution in [0.2, 0.25) is 0 Å². The van der Waals surface area contributed by atoms with Crippen molar-refractivity contribution in [3.63, 3.8) is 0 Å². The number of alkyl halides is 2. The summed E-state index contributed by atoms with van der Waals surface area (Å²) >= 11 is 0. The minimum absolute atomic E-state index is 0.0605. The summed E-state index contributed by atoms with van der Waals surface area (Å²) < 4.78 is 24.3. The molecule has 1 N–H and O–H groups in total. The molecule has 0 aromatic heterocycles. The number of aliphatic hydroxyl groups is 1. The number of rotatable bonds is 1. The summed E-state index contributed by atoms with van der Waals surface area (Å²) in [4.78, 5) is 11.9. The van der Waals surface area contributed by atoms with Gasteiger partial charge < -0.3 is 10.0 Å². The van der Waals surface area contributed by atoms with Crippen molar-refractivity contribution in [3.8, 4) is 0 Å². The summed E-state index contributed by atoms with van der Waals surface area (Å²) in [6.07, 6.45) is -3.04. The van der Waals surface area contributed by atoms with Crippen LogP contribution in [0.3, 0.4) is 0 Å². The van der Waals surface area contributed by atoms with Gasteiger partial charge in [0.05, 0.1) is 12.2 Å². The van der Waals surface area contributed by atoms with Crippen LogP contribution in [0, 0.1) is 0 Å². The highest BCUT2D eigenvalue weighted by Crippen LogP contribution is 2.17. The van der Waals surface area contributed by atoms with Crippen LogP contribution in [-0.2, 0) is 4.79 Å². The molecule has 1 unspecified atom stereocenters. The van der Waals surface area contributed by atoms with Crippen molar-refractivity contribution in [2.75, 3.05) is 13.6 Å². The smallest absolute Gasteiger partial charge is 0.278 e. The molecule has 1 aliphatic heterocycles. The van der Waals surface area contributed by atoms with E-state index in [9.17, 15) is 13.6 Å². The second-order valence-corrected chi connectivity index (χ2v) is 2.67. The van der Waals surface area contributed by atoms with E-state index in [0.29, 0.717) is 0 Å². The van der Waals surface area contributed by atoms with Crippen molar-refractivity contribution in [3.05, 3.63) is 11.8 Å². The Labute approximate surface area is 68.3 Å². The second-order valence-electron chi connectivity index (χ2n) is 2.67. The van der Waals surface area contributed by atoms with Crippen molar-refractivity contribution < 1.29 is 18.7 Å². The van der Waals surface area contributed by atoms with Gasteiger partial charge in [-0.25, -0.2) is 8.78 Å². The van der Waals surface area contributed by atoms with Crippen LogP contribution < -0.4 is 0 Å². The van der Waals surface area contributed by atoms with Crippen molar-refractivity contribution in [2.45, 2.75) is 12.5 Å². The number of halogens is 2. The molecule has 0 fully saturated rings. The van der Waals surface area contributed by atoms with E-state index in [1.807, 2.05) is 0 Å². The molecule has 1 rings (SSSR count). The summed E-state index contributed by atoms with van der Waals surface area (Å²) in [5, 5.41) is 8.97. The number of nitrogens with zero attached hydrogens (tertiary/aromatic N) is 1. The van der Waals surface area contributed by atoms with Gasteiger partial charge in [0.15, 0.2) is 5.78 Å². The number of hydrogen-bond donors (Lipinski definition) is 1. The largest absolute Gasteiger partial charge is 0.383 e. The molecule has 0 amide bonds. The molecule has 1 aliphatic rings. The van der Waals surface area contributed by atoms with E-state index < -0.39 is 18.3 Å². The van der Waals surface area contributed by atoms with E-state index in [0.717, 1.165) is 6.08 Å². The molecule has 0 aromatic rings. The molecule has 1 atom stereocenters. The SMILES string of the molecule is CN1CC(O)C(=O)C=C1C(F)F. The Bertz CT molecular complexity index is 227. The van der Waals surface area contributed by atoms with Gasteiger partial charge in [0.25, 0.3) is 6.43 Å². The molecular formula is C7H9F2NO2. The highest BCUT2D eigenvalue weighted by Gasteiger charge is 2.27. The standard InChI is InChI=1S/C7H9F2NO2/c1-10-3-6(12)5(11)2-4(10)7(8)9/h2,6-7,12H,3H2,1H3. The number of ketones is 1. The number of allylic oxidation sites excluding steroid dienone is 1. The molecule has 12 heavy (non-hydrogen) atoms. The second kappa shape index (κ2) is 3.18. The van der Waals surface area contributed by atoms with Crippen LogP contribution >= 0.6 is 0 Å². The summed E-state index contributed by atoms with van der Waals surface area (Å²) in [6, 6.07) is 0. The van der Waals surface area contributed by atoms with Crippen LogP contribution in [0.15, 0.2) is 11.8 Å². The van der Waals surface area contributed by atoms with Crippen LogP contribution in [-0.4, -0.2) is 41.9 Å². The van der Waals surface area contributed by atoms with Crippen molar-refractivity contribution in [1.82, 2.24) is 4.90 Å². The lowest BCUT2D eigenvalue weighted by atomic mass is 10.1. The first-order valence-electron chi connectivity index (χ1n) is 3.45. The minimum Gasteiger partial charge on any atom is -0.383 e. The Hall–Kier alpha value is -0.970. The summed E-state index contributed by atoms with van der Waals surface area (Å²) in [5.41, 5.74) is -0.328. The summed E-state index contributed by atoms with van der Waals surface area (Å²) in [6.45, 7) is -0.0605. The van der Waals surface area contributed by atoms with Gasteiger partial charge in [-0.1, -0.05) is 0 Å². The predicted molar refractivity (Wildman–Crippen MR) is 37.7 cm³/mol. The number of carbonyl (C=O) groups excluding carboxylic acids is 1. The normalized spacial score (nSPS) is 24.8. The Morgan fingerprint density at radius 1 is 1.75 bits per heavy atom. The molecule has 0 bridgehead atoms. The lowest BCUT2D eigenvalue weighted by molar-refractivity contribution is -0.124. The Morgan fingerprint density at radius 3 is 2.83 bits per heavy atom. The third kappa shape index (κ3) is 1.61. The highest BCUT2D eigenvalue weighted by atomic mass is 19.3. The van der Waals surface area contributed by atoms with Crippen LogP contribution in [0.5, 0.6) is 0 Å². The topological polar surface area (TPSA) is 40.5 Å². The van der Waals surface area contributed by atoms with Gasteiger partial charge in [-0.3, -0.25) is 4.79 Å². The van der Waals surface area contributed by atoms with E-state index in [-0.39, 0.29) is 12.2 Å². The fraction of sp³-hybridized carbons (Fsp3) is 0.571. The first-order valence-corrected chi connectivity index (χ1v) is 3.45. The number of likely N-dealkylation sites (N-methyl/N-ethyl adjacent to an activating group) is 1. The lowest BCUT2D eigenvalue weighted by Gasteiger charge is -2.27. The number of β-amino-alcohol motifs (C(OH)–C–C–N with tert-alkyl or cyclic N) is 1. The molecule has 3 nitrogen and oxygen atoms in total. The van der Waals surface area contributed by atoms with Gasteiger partial charge in [0, 0.05) is 13.1 Å².